The molecule has 0 unspecified atom stereocenters. The maximum absolute atomic E-state index is 13.6. The number of amides is 3. The first-order valence-electron chi connectivity index (χ1n) is 14.4. The van der Waals surface area contributed by atoms with Gasteiger partial charge in [-0.1, -0.05) is 89.1 Å². The number of ether oxygens (including phenoxy) is 2. The maximum Gasteiger partial charge on any atom is 0.408 e. The van der Waals surface area contributed by atoms with Gasteiger partial charge in [-0.15, -0.1) is 0 Å². The fourth-order valence-electron chi connectivity index (χ4n) is 4.66. The van der Waals surface area contributed by atoms with Gasteiger partial charge in [-0.2, -0.15) is 0 Å². The lowest BCUT2D eigenvalue weighted by atomic mass is 9.94. The van der Waals surface area contributed by atoms with E-state index in [1.807, 2.05) is 82.3 Å². The highest BCUT2D eigenvalue weighted by atomic mass is 16.5. The Morgan fingerprint density at radius 2 is 1.40 bits per heavy atom. The van der Waals surface area contributed by atoms with Gasteiger partial charge in [0.1, 0.15) is 24.7 Å². The van der Waals surface area contributed by atoms with Crippen LogP contribution in [0.3, 0.4) is 0 Å². The van der Waals surface area contributed by atoms with Crippen LogP contribution in [0.25, 0.3) is 10.9 Å². The molecule has 3 rings (SSSR count). The van der Waals surface area contributed by atoms with E-state index in [9.17, 15) is 19.2 Å². The predicted molar refractivity (Wildman–Crippen MR) is 160 cm³/mol. The Balaban J connectivity index is 1.73. The number of methoxy groups -OCH3 is 1. The number of benzene rings is 2. The number of aromatic nitrogens is 1. The molecular formula is C32H42N4O6. The van der Waals surface area contributed by atoms with Gasteiger partial charge in [0.15, 0.2) is 0 Å². The van der Waals surface area contributed by atoms with Crippen LogP contribution >= 0.6 is 0 Å². The Bertz CT molecular complexity index is 1340. The number of aromatic amines is 1. The summed E-state index contributed by atoms with van der Waals surface area (Å²) < 4.78 is 10.3. The molecule has 1 aromatic heterocycles. The highest BCUT2D eigenvalue weighted by molar-refractivity contribution is 5.93. The topological polar surface area (TPSA) is 139 Å². The highest BCUT2D eigenvalue weighted by Gasteiger charge is 2.34. The Morgan fingerprint density at radius 3 is 2.05 bits per heavy atom. The predicted octanol–water partition coefficient (Wildman–Crippen LogP) is 4.24. The lowest BCUT2D eigenvalue weighted by molar-refractivity contribution is -0.145. The number of H-pyrrole nitrogens is 1. The molecule has 10 heteroatoms. The molecule has 10 nitrogen and oxygen atoms in total. The van der Waals surface area contributed by atoms with E-state index in [-0.39, 0.29) is 24.9 Å². The number of hydrogen-bond donors (Lipinski definition) is 4. The van der Waals surface area contributed by atoms with E-state index in [2.05, 4.69) is 20.9 Å². The van der Waals surface area contributed by atoms with E-state index in [1.54, 1.807) is 6.20 Å². The number of nitrogens with one attached hydrogen (secondary N) is 4. The van der Waals surface area contributed by atoms with Gasteiger partial charge in [0, 0.05) is 23.5 Å². The van der Waals surface area contributed by atoms with Gasteiger partial charge in [0.2, 0.25) is 11.8 Å². The van der Waals surface area contributed by atoms with Crippen LogP contribution in [0, 0.1) is 11.8 Å². The monoisotopic (exact) mass is 578 g/mol. The molecular weight excluding hydrogens is 536 g/mol. The average Bonchev–Trinajstić information content (AvgIpc) is 3.42. The first kappa shape index (κ1) is 32.2. The zero-order chi connectivity index (χ0) is 30.6. The Hall–Kier alpha value is -4.34. The third kappa shape index (κ3) is 8.58. The molecule has 5 atom stereocenters. The zero-order valence-corrected chi connectivity index (χ0v) is 24.9. The van der Waals surface area contributed by atoms with Crippen molar-refractivity contribution >= 4 is 34.8 Å². The van der Waals surface area contributed by atoms with E-state index in [1.165, 1.54) is 7.11 Å². The van der Waals surface area contributed by atoms with E-state index in [4.69, 9.17) is 9.47 Å². The highest BCUT2D eigenvalue weighted by Crippen LogP contribution is 2.20. The number of para-hydroxylation sites is 1. The fraction of sp³-hybridized carbons (Fsp3) is 0.438. The van der Waals surface area contributed by atoms with Crippen LogP contribution in [0.5, 0.6) is 0 Å². The van der Waals surface area contributed by atoms with Crippen molar-refractivity contribution in [1.82, 2.24) is 20.9 Å². The van der Waals surface area contributed by atoms with Gasteiger partial charge < -0.3 is 30.4 Å². The zero-order valence-electron chi connectivity index (χ0n) is 24.9. The molecule has 2 aromatic carbocycles. The minimum absolute atomic E-state index is 0.0603. The van der Waals surface area contributed by atoms with E-state index in [0.717, 1.165) is 22.0 Å². The summed E-state index contributed by atoms with van der Waals surface area (Å²) in [6.07, 6.45) is 2.47. The third-order valence-electron chi connectivity index (χ3n) is 7.68. The van der Waals surface area contributed by atoms with E-state index in [0.29, 0.717) is 12.8 Å². The molecule has 0 fully saturated rings. The summed E-state index contributed by atoms with van der Waals surface area (Å²) in [5, 5.41) is 9.24. The molecule has 1 heterocycles. The van der Waals surface area contributed by atoms with Gasteiger partial charge in [0.25, 0.3) is 0 Å². The normalized spacial score (nSPS) is 14.6. The first-order valence-corrected chi connectivity index (χ1v) is 14.4. The van der Waals surface area contributed by atoms with Crippen molar-refractivity contribution in [2.45, 2.75) is 71.7 Å². The van der Waals surface area contributed by atoms with Crippen molar-refractivity contribution in [3.8, 4) is 0 Å². The van der Waals surface area contributed by atoms with Crippen LogP contribution in [-0.2, 0) is 36.9 Å². The van der Waals surface area contributed by atoms with Crippen molar-refractivity contribution in [1.29, 1.82) is 0 Å². The number of alkyl carbamates (subject to hydrolysis) is 1. The van der Waals surface area contributed by atoms with Crippen LogP contribution in [0.4, 0.5) is 4.79 Å². The fourth-order valence-corrected chi connectivity index (χ4v) is 4.66. The summed E-state index contributed by atoms with van der Waals surface area (Å²) in [7, 11) is 1.27. The molecule has 3 aromatic rings. The summed E-state index contributed by atoms with van der Waals surface area (Å²) in [4.78, 5) is 55.6. The van der Waals surface area contributed by atoms with Gasteiger partial charge in [-0.25, -0.2) is 9.59 Å². The van der Waals surface area contributed by atoms with Crippen LogP contribution in [0.15, 0.2) is 60.8 Å². The third-order valence-corrected chi connectivity index (χ3v) is 7.68. The Morgan fingerprint density at radius 1 is 0.810 bits per heavy atom. The number of esters is 1. The second kappa shape index (κ2) is 15.6. The maximum atomic E-state index is 13.6. The molecule has 0 aliphatic rings. The van der Waals surface area contributed by atoms with Crippen molar-refractivity contribution in [2.75, 3.05) is 7.11 Å². The molecule has 0 aliphatic heterocycles. The van der Waals surface area contributed by atoms with Crippen molar-refractivity contribution < 1.29 is 28.7 Å². The molecule has 0 saturated heterocycles. The van der Waals surface area contributed by atoms with Crippen molar-refractivity contribution in [2.24, 2.45) is 11.8 Å². The SMILES string of the molecule is CC[C@@H](C)[C@H](NC(=O)[C@@H](NC(=O)OCc1ccccc1)[C@@H](C)CC)C(=O)N[C@@H](Cc1c[nH]c2ccccc12)C(=O)OC. The summed E-state index contributed by atoms with van der Waals surface area (Å²) >= 11 is 0. The molecule has 4 N–H and O–H groups in total. The molecule has 0 bridgehead atoms. The Labute approximate surface area is 246 Å². The second-order valence-corrected chi connectivity index (χ2v) is 10.6. The minimum atomic E-state index is -0.971. The summed E-state index contributed by atoms with van der Waals surface area (Å²) in [6, 6.07) is 14.0. The molecule has 0 saturated carbocycles. The minimum Gasteiger partial charge on any atom is -0.467 e. The smallest absolute Gasteiger partial charge is 0.408 e. The summed E-state index contributed by atoms with van der Waals surface area (Å²) in [5.74, 6) is -2.11. The number of rotatable bonds is 14. The lowest BCUT2D eigenvalue weighted by Gasteiger charge is -2.29. The largest absolute Gasteiger partial charge is 0.467 e. The van der Waals surface area contributed by atoms with Gasteiger partial charge in [-0.3, -0.25) is 9.59 Å². The quantitative estimate of drug-likeness (QED) is 0.211. The molecule has 0 aliphatic carbocycles. The average molecular weight is 579 g/mol. The van der Waals surface area contributed by atoms with Crippen molar-refractivity contribution in [3.05, 3.63) is 71.9 Å². The van der Waals surface area contributed by atoms with Gasteiger partial charge in [0.05, 0.1) is 7.11 Å². The van der Waals surface area contributed by atoms with Gasteiger partial charge in [-0.05, 0) is 29.0 Å². The number of carbonyl (C=O) groups is 4. The van der Waals surface area contributed by atoms with Crippen molar-refractivity contribution in [3.63, 3.8) is 0 Å². The molecule has 0 spiro atoms. The number of fused-ring (bicyclic) bond motifs is 1. The van der Waals surface area contributed by atoms with Gasteiger partial charge >= 0.3 is 12.1 Å². The molecule has 0 radical (unpaired) electrons. The molecule has 3 amide bonds. The molecule has 42 heavy (non-hydrogen) atoms. The number of carbonyl (C=O) groups excluding carboxylic acids is 4. The van der Waals surface area contributed by atoms with Crippen LogP contribution in [0.2, 0.25) is 0 Å². The molecule has 226 valence electrons. The summed E-state index contributed by atoms with van der Waals surface area (Å²) in [6.45, 7) is 7.56. The van der Waals surface area contributed by atoms with E-state index < -0.39 is 42.0 Å². The standard InChI is InChI=1S/C32H42N4O6/c1-6-20(3)27(29(37)34-26(31(39)41-5)17-23-18-33-25-16-12-11-15-24(23)25)35-30(38)28(21(4)7-2)36-32(40)42-19-22-13-9-8-10-14-22/h8-16,18,20-21,26-28,33H,6-7,17,19H2,1-5H3,(H,34,37)(H,35,38)(H,36,40)/t20-,21+,26+,27+,28+/m1/s1. The Kier molecular flexibility index (Phi) is 12.0. The first-order chi connectivity index (χ1) is 20.2. The second-order valence-electron chi connectivity index (χ2n) is 10.6. The van der Waals surface area contributed by atoms with Crippen LogP contribution < -0.4 is 16.0 Å². The van der Waals surface area contributed by atoms with E-state index >= 15 is 0 Å². The summed E-state index contributed by atoms with van der Waals surface area (Å²) in [5.41, 5.74) is 2.58. The lowest BCUT2D eigenvalue weighted by Crippen LogP contribution is -2.59. The van der Waals surface area contributed by atoms with Crippen LogP contribution in [-0.4, -0.2) is 54.1 Å². The van der Waals surface area contributed by atoms with Crippen LogP contribution in [0.1, 0.15) is 51.7 Å². The number of hydrogen-bond acceptors (Lipinski definition) is 6.